The van der Waals surface area contributed by atoms with Gasteiger partial charge in [-0.3, -0.25) is 14.5 Å². The van der Waals surface area contributed by atoms with Crippen LogP contribution in [-0.2, 0) is 16.8 Å². The maximum Gasteiger partial charge on any atom is 0.325 e. The lowest BCUT2D eigenvalue weighted by Crippen LogP contribution is -2.42. The van der Waals surface area contributed by atoms with Crippen molar-refractivity contribution in [1.82, 2.24) is 10.2 Å². The van der Waals surface area contributed by atoms with Gasteiger partial charge in [0.15, 0.2) is 5.78 Å². The van der Waals surface area contributed by atoms with Gasteiger partial charge in [-0.15, -0.1) is 0 Å². The zero-order chi connectivity index (χ0) is 20.1. The highest BCUT2D eigenvalue weighted by molar-refractivity contribution is 6.11. The van der Waals surface area contributed by atoms with Crippen LogP contribution in [-0.4, -0.2) is 35.8 Å². The molecule has 1 unspecified atom stereocenters. The van der Waals surface area contributed by atoms with Crippen molar-refractivity contribution in [2.75, 3.05) is 13.2 Å². The third kappa shape index (κ3) is 2.81. The summed E-state index contributed by atoms with van der Waals surface area (Å²) in [7, 11) is 0. The first-order valence-corrected chi connectivity index (χ1v) is 8.68. The molecular weight excluding hydrogens is 370 g/mol. The summed E-state index contributed by atoms with van der Waals surface area (Å²) in [5.74, 6) is -2.12. The van der Waals surface area contributed by atoms with Gasteiger partial charge in [0.2, 0.25) is 0 Å². The van der Waals surface area contributed by atoms with Crippen molar-refractivity contribution in [3.05, 3.63) is 64.7 Å². The second-order valence-corrected chi connectivity index (χ2v) is 6.91. The van der Waals surface area contributed by atoms with Crippen LogP contribution in [0, 0.1) is 11.6 Å². The number of nitrogens with one attached hydrogen (secondary N) is 1. The fourth-order valence-corrected chi connectivity index (χ4v) is 3.50. The number of rotatable bonds is 4. The van der Waals surface area contributed by atoms with Gasteiger partial charge in [0.25, 0.3) is 5.91 Å². The van der Waals surface area contributed by atoms with Gasteiger partial charge < -0.3 is 10.1 Å². The van der Waals surface area contributed by atoms with E-state index in [0.29, 0.717) is 24.3 Å². The van der Waals surface area contributed by atoms with Crippen molar-refractivity contribution >= 4 is 17.7 Å². The topological polar surface area (TPSA) is 75.7 Å². The van der Waals surface area contributed by atoms with Crippen molar-refractivity contribution in [2.24, 2.45) is 0 Å². The molecule has 0 saturated carbocycles. The molecule has 0 aliphatic carbocycles. The van der Waals surface area contributed by atoms with E-state index in [4.69, 9.17) is 4.74 Å². The Labute approximate surface area is 159 Å². The number of imide groups is 1. The fourth-order valence-electron chi connectivity index (χ4n) is 3.50. The molecule has 1 N–H and O–H groups in total. The Hall–Kier alpha value is -3.29. The van der Waals surface area contributed by atoms with E-state index in [9.17, 15) is 23.2 Å². The van der Waals surface area contributed by atoms with E-state index in [0.717, 1.165) is 28.7 Å². The monoisotopic (exact) mass is 386 g/mol. The third-order valence-electron chi connectivity index (χ3n) is 5.06. The molecule has 1 atom stereocenters. The second-order valence-electron chi connectivity index (χ2n) is 6.91. The van der Waals surface area contributed by atoms with Crippen molar-refractivity contribution < 1.29 is 27.9 Å². The van der Waals surface area contributed by atoms with Crippen molar-refractivity contribution in [1.29, 1.82) is 0 Å². The quantitative estimate of drug-likeness (QED) is 0.647. The normalized spacial score (nSPS) is 20.8. The summed E-state index contributed by atoms with van der Waals surface area (Å²) in [4.78, 5) is 38.5. The first kappa shape index (κ1) is 18.1. The minimum atomic E-state index is -1.80. The lowest BCUT2D eigenvalue weighted by Gasteiger charge is -2.22. The summed E-state index contributed by atoms with van der Waals surface area (Å²) in [6, 6.07) is 6.74. The average Bonchev–Trinajstić information content (AvgIpc) is 3.22. The molecule has 0 aromatic heterocycles. The van der Waals surface area contributed by atoms with E-state index >= 15 is 0 Å². The first-order chi connectivity index (χ1) is 13.3. The Kier molecular flexibility index (Phi) is 4.14. The van der Waals surface area contributed by atoms with Crippen LogP contribution in [0.15, 0.2) is 36.4 Å². The lowest BCUT2D eigenvalue weighted by molar-refractivity contribution is -0.130. The summed E-state index contributed by atoms with van der Waals surface area (Å²) in [5, 5.41) is 2.37. The van der Waals surface area contributed by atoms with Gasteiger partial charge in [-0.25, -0.2) is 13.6 Å². The van der Waals surface area contributed by atoms with Crippen molar-refractivity contribution in [2.45, 2.75) is 18.9 Å². The molecule has 6 nitrogen and oxygen atoms in total. The first-order valence-electron chi connectivity index (χ1n) is 8.68. The van der Waals surface area contributed by atoms with Crippen LogP contribution in [0.5, 0.6) is 5.75 Å². The molecule has 3 amide bonds. The lowest BCUT2D eigenvalue weighted by atomic mass is 9.91. The average molecular weight is 386 g/mol. The number of Topliss-reactive ketones (excluding diaryl/α,β-unsaturated/α-hetero) is 1. The second kappa shape index (κ2) is 6.40. The molecule has 2 aromatic carbocycles. The Morgan fingerprint density at radius 2 is 2.00 bits per heavy atom. The van der Waals surface area contributed by atoms with Gasteiger partial charge in [-0.05, 0) is 48.9 Å². The Morgan fingerprint density at radius 1 is 1.21 bits per heavy atom. The molecule has 1 saturated heterocycles. The minimum Gasteiger partial charge on any atom is -0.493 e. The number of carbonyl (C=O) groups excluding carboxylic acids is 3. The Bertz CT molecular complexity index is 1020. The zero-order valence-corrected chi connectivity index (χ0v) is 14.9. The zero-order valence-electron chi connectivity index (χ0n) is 14.9. The number of hydrogen-bond acceptors (Lipinski definition) is 4. The van der Waals surface area contributed by atoms with Gasteiger partial charge in [-0.1, -0.05) is 0 Å². The highest BCUT2D eigenvalue weighted by atomic mass is 19.1. The molecule has 8 heteroatoms. The van der Waals surface area contributed by atoms with Crippen molar-refractivity contribution in [3.63, 3.8) is 0 Å². The third-order valence-corrected chi connectivity index (χ3v) is 5.06. The Morgan fingerprint density at radius 3 is 2.79 bits per heavy atom. The highest BCUT2D eigenvalue weighted by Gasteiger charge is 2.50. The summed E-state index contributed by atoms with van der Waals surface area (Å²) >= 11 is 0. The van der Waals surface area contributed by atoms with E-state index in [2.05, 4.69) is 5.32 Å². The number of ketones is 1. The minimum absolute atomic E-state index is 0.296. The molecule has 0 spiro atoms. The number of fused-ring (bicyclic) bond motifs is 1. The largest absolute Gasteiger partial charge is 0.493 e. The maximum absolute atomic E-state index is 14.2. The molecule has 0 radical (unpaired) electrons. The SMILES string of the molecule is CC1(c2cc(F)ccc2F)NC(=O)N(CC(=O)c2ccc3c(c2)CCO3)C1=O. The smallest absolute Gasteiger partial charge is 0.325 e. The predicted molar refractivity (Wildman–Crippen MR) is 93.9 cm³/mol. The number of nitrogens with zero attached hydrogens (tertiary/aromatic N) is 1. The number of hydrogen-bond donors (Lipinski definition) is 1. The van der Waals surface area contributed by atoms with E-state index in [1.54, 1.807) is 18.2 Å². The van der Waals surface area contributed by atoms with E-state index in [1.807, 2.05) is 0 Å². The van der Waals surface area contributed by atoms with Crippen LogP contribution in [0.25, 0.3) is 0 Å². The van der Waals surface area contributed by atoms with E-state index in [-0.39, 0.29) is 5.56 Å². The van der Waals surface area contributed by atoms with Gasteiger partial charge in [0, 0.05) is 17.5 Å². The van der Waals surface area contributed by atoms with Crippen LogP contribution in [0.2, 0.25) is 0 Å². The number of amides is 3. The standard InChI is InChI=1S/C20H16F2N2O4/c1-20(14-9-13(21)3-4-15(14)22)18(26)24(19(27)23-20)10-16(25)11-2-5-17-12(8-11)6-7-28-17/h2-5,8-9H,6-7,10H2,1H3,(H,23,27). The van der Waals surface area contributed by atoms with Crippen LogP contribution in [0.4, 0.5) is 13.6 Å². The molecule has 1 fully saturated rings. The Balaban J connectivity index is 1.59. The van der Waals surface area contributed by atoms with Gasteiger partial charge >= 0.3 is 6.03 Å². The number of halogens is 2. The van der Waals surface area contributed by atoms with Gasteiger partial charge in [-0.2, -0.15) is 0 Å². The molecule has 2 heterocycles. The van der Waals surface area contributed by atoms with E-state index < -0.39 is 41.4 Å². The number of urea groups is 1. The van der Waals surface area contributed by atoms with Gasteiger partial charge in [0.05, 0.1) is 13.2 Å². The van der Waals surface area contributed by atoms with Crippen molar-refractivity contribution in [3.8, 4) is 5.75 Å². The summed E-state index contributed by atoms with van der Waals surface area (Å²) in [5.41, 5.74) is -0.865. The van der Waals surface area contributed by atoms with E-state index in [1.165, 1.54) is 6.92 Å². The number of benzene rings is 2. The number of ether oxygens (including phenoxy) is 1. The van der Waals surface area contributed by atoms with Crippen LogP contribution in [0.3, 0.4) is 0 Å². The molecule has 144 valence electrons. The molecule has 2 aliphatic heterocycles. The predicted octanol–water partition coefficient (Wildman–Crippen LogP) is 2.55. The molecule has 0 bridgehead atoms. The maximum atomic E-state index is 14.2. The molecule has 4 rings (SSSR count). The summed E-state index contributed by atoms with van der Waals surface area (Å²) < 4.78 is 33.1. The van der Waals surface area contributed by atoms with Crippen LogP contribution in [0.1, 0.15) is 28.4 Å². The molecule has 2 aromatic rings. The molecular formula is C20H16F2N2O4. The molecule has 2 aliphatic rings. The van der Waals surface area contributed by atoms with Crippen LogP contribution < -0.4 is 10.1 Å². The highest BCUT2D eigenvalue weighted by Crippen LogP contribution is 2.32. The van der Waals surface area contributed by atoms with Gasteiger partial charge in [0.1, 0.15) is 22.9 Å². The molecule has 28 heavy (non-hydrogen) atoms. The summed E-state index contributed by atoms with van der Waals surface area (Å²) in [6.07, 6.45) is 0.677. The summed E-state index contributed by atoms with van der Waals surface area (Å²) in [6.45, 7) is 1.32. The number of carbonyl (C=O) groups is 3. The fraction of sp³-hybridized carbons (Fsp3) is 0.250. The van der Waals surface area contributed by atoms with Crippen LogP contribution >= 0.6 is 0 Å².